The molecule has 6 heteroatoms. The number of quaternary nitrogens is 1. The lowest BCUT2D eigenvalue weighted by Gasteiger charge is -2.06. The Morgan fingerprint density at radius 3 is 2.38 bits per heavy atom. The van der Waals surface area contributed by atoms with Crippen LogP contribution in [0, 0.1) is 0 Å². The average Bonchev–Trinajstić information content (AvgIpc) is 2.50. The molecule has 1 fully saturated rings. The molecule has 0 aliphatic carbocycles. The van der Waals surface area contributed by atoms with Gasteiger partial charge in [0.1, 0.15) is 17.5 Å². The highest BCUT2D eigenvalue weighted by molar-refractivity contribution is 7.91. The van der Waals surface area contributed by atoms with E-state index in [1.54, 1.807) is 0 Å². The number of sulfone groups is 1. The first kappa shape index (κ1) is 13.8. The lowest BCUT2D eigenvalue weighted by molar-refractivity contribution is -0.605. The van der Waals surface area contributed by atoms with E-state index >= 15 is 0 Å². The van der Waals surface area contributed by atoms with Crippen molar-refractivity contribution in [1.82, 2.24) is 0 Å². The first-order valence-corrected chi connectivity index (χ1v) is 7.06. The van der Waals surface area contributed by atoms with Crippen LogP contribution in [0.5, 0.6) is 0 Å². The van der Waals surface area contributed by atoms with Crippen LogP contribution in [0.1, 0.15) is 6.42 Å². The SMILES string of the molecule is O=S1(=O)CCC([NH2+]c2ccc(Cl)cc2)C1.[Cl-]. The van der Waals surface area contributed by atoms with Gasteiger partial charge in [-0.2, -0.15) is 0 Å². The van der Waals surface area contributed by atoms with Gasteiger partial charge in [0.25, 0.3) is 0 Å². The second-order valence-corrected chi connectivity index (χ2v) is 6.55. The summed E-state index contributed by atoms with van der Waals surface area (Å²) in [7, 11) is -2.78. The van der Waals surface area contributed by atoms with Gasteiger partial charge in [-0.3, -0.25) is 0 Å². The molecule has 2 rings (SSSR count). The van der Waals surface area contributed by atoms with Crippen LogP contribution >= 0.6 is 11.6 Å². The Kier molecular flexibility index (Phi) is 4.62. The van der Waals surface area contributed by atoms with Crippen molar-refractivity contribution in [2.24, 2.45) is 0 Å². The molecule has 1 aromatic rings. The van der Waals surface area contributed by atoms with Crippen LogP contribution in [-0.4, -0.2) is 26.0 Å². The smallest absolute Gasteiger partial charge is 0.156 e. The van der Waals surface area contributed by atoms with Gasteiger partial charge in [-0.15, -0.1) is 0 Å². The Labute approximate surface area is 107 Å². The number of hydrogen-bond donors (Lipinski definition) is 1. The van der Waals surface area contributed by atoms with Crippen molar-refractivity contribution in [3.63, 3.8) is 0 Å². The molecule has 0 saturated carbocycles. The maximum Gasteiger partial charge on any atom is 0.156 e. The van der Waals surface area contributed by atoms with Crippen LogP contribution in [-0.2, 0) is 9.84 Å². The summed E-state index contributed by atoms with van der Waals surface area (Å²) < 4.78 is 22.5. The maximum absolute atomic E-state index is 11.2. The highest BCUT2D eigenvalue weighted by atomic mass is 35.5. The topological polar surface area (TPSA) is 50.8 Å². The van der Waals surface area contributed by atoms with Crippen LogP contribution in [0.2, 0.25) is 5.02 Å². The van der Waals surface area contributed by atoms with Crippen molar-refractivity contribution in [1.29, 1.82) is 0 Å². The summed E-state index contributed by atoms with van der Waals surface area (Å²) in [6.45, 7) is 0. The standard InChI is InChI=1S/C10H12ClNO2S.ClH/c11-8-1-3-9(4-2-8)12-10-5-6-15(13,14)7-10;/h1-4,10,12H,5-7H2;1H. The fraction of sp³-hybridized carbons (Fsp3) is 0.400. The van der Waals surface area contributed by atoms with Gasteiger partial charge in [0.2, 0.25) is 0 Å². The highest BCUT2D eigenvalue weighted by Crippen LogP contribution is 2.12. The molecule has 1 atom stereocenters. The molecule has 0 bridgehead atoms. The van der Waals surface area contributed by atoms with Gasteiger partial charge in [0.05, 0.1) is 5.75 Å². The Balaban J connectivity index is 0.00000128. The molecule has 1 heterocycles. The Bertz CT molecular complexity index is 444. The first-order valence-electron chi connectivity index (χ1n) is 4.86. The fourth-order valence-electron chi connectivity index (χ4n) is 1.80. The normalized spacial score (nSPS) is 22.7. The molecule has 0 amide bonds. The number of hydrogen-bond acceptors (Lipinski definition) is 2. The first-order chi connectivity index (χ1) is 7.05. The largest absolute Gasteiger partial charge is 1.00 e. The summed E-state index contributed by atoms with van der Waals surface area (Å²) in [4.78, 5) is 0. The number of benzene rings is 1. The third-order valence-electron chi connectivity index (χ3n) is 2.57. The van der Waals surface area contributed by atoms with Gasteiger partial charge in [0, 0.05) is 23.6 Å². The maximum atomic E-state index is 11.2. The summed E-state index contributed by atoms with van der Waals surface area (Å²) in [5.74, 6) is 0.609. The lowest BCUT2D eigenvalue weighted by Crippen LogP contribution is -3.00. The zero-order chi connectivity index (χ0) is 10.9. The van der Waals surface area contributed by atoms with Gasteiger partial charge < -0.3 is 17.7 Å². The zero-order valence-corrected chi connectivity index (χ0v) is 10.9. The van der Waals surface area contributed by atoms with Crippen molar-refractivity contribution >= 4 is 27.1 Å². The molecule has 90 valence electrons. The second kappa shape index (κ2) is 5.36. The molecule has 2 N–H and O–H groups in total. The van der Waals surface area contributed by atoms with Gasteiger partial charge in [-0.05, 0) is 12.1 Å². The van der Waals surface area contributed by atoms with E-state index in [9.17, 15) is 8.42 Å². The van der Waals surface area contributed by atoms with E-state index < -0.39 is 9.84 Å². The van der Waals surface area contributed by atoms with Gasteiger partial charge in [-0.1, -0.05) is 11.6 Å². The highest BCUT2D eigenvalue weighted by Gasteiger charge is 2.30. The fourth-order valence-corrected chi connectivity index (χ4v) is 3.67. The molecule has 16 heavy (non-hydrogen) atoms. The molecule has 1 saturated heterocycles. The molecule has 1 aromatic carbocycles. The van der Waals surface area contributed by atoms with Crippen molar-refractivity contribution in [3.05, 3.63) is 29.3 Å². The third-order valence-corrected chi connectivity index (χ3v) is 4.61. The van der Waals surface area contributed by atoms with Crippen LogP contribution in [0.15, 0.2) is 24.3 Å². The van der Waals surface area contributed by atoms with E-state index in [-0.39, 0.29) is 24.2 Å². The number of rotatable bonds is 2. The summed E-state index contributed by atoms with van der Waals surface area (Å²) >= 11 is 5.76. The van der Waals surface area contributed by atoms with Crippen LogP contribution in [0.25, 0.3) is 0 Å². The predicted octanol–water partition coefficient (Wildman–Crippen LogP) is -2.27. The molecule has 1 unspecified atom stereocenters. The van der Waals surface area contributed by atoms with Gasteiger partial charge in [0.15, 0.2) is 9.84 Å². The second-order valence-electron chi connectivity index (χ2n) is 3.88. The summed E-state index contributed by atoms with van der Waals surface area (Å²) in [5, 5.41) is 2.71. The average molecular weight is 282 g/mol. The minimum atomic E-state index is -2.78. The predicted molar refractivity (Wildman–Crippen MR) is 60.1 cm³/mol. The molecule has 0 radical (unpaired) electrons. The van der Waals surface area contributed by atoms with Crippen molar-refractivity contribution in [2.45, 2.75) is 12.5 Å². The Hall–Kier alpha value is -0.290. The van der Waals surface area contributed by atoms with Crippen molar-refractivity contribution in [3.8, 4) is 0 Å². The molecule has 1 aliphatic heterocycles. The van der Waals surface area contributed by atoms with E-state index in [1.807, 2.05) is 29.6 Å². The van der Waals surface area contributed by atoms with E-state index in [0.29, 0.717) is 10.8 Å². The Morgan fingerprint density at radius 2 is 1.88 bits per heavy atom. The molecule has 0 aromatic heterocycles. The summed E-state index contributed by atoms with van der Waals surface area (Å²) in [5.41, 5.74) is 1.04. The molecule has 3 nitrogen and oxygen atoms in total. The lowest BCUT2D eigenvalue weighted by atomic mass is 10.2. The van der Waals surface area contributed by atoms with E-state index in [2.05, 4.69) is 0 Å². The third kappa shape index (κ3) is 3.63. The van der Waals surface area contributed by atoms with Crippen LogP contribution < -0.4 is 17.7 Å². The van der Waals surface area contributed by atoms with Crippen molar-refractivity contribution in [2.75, 3.05) is 11.5 Å². The molecule has 0 spiro atoms. The Morgan fingerprint density at radius 1 is 1.25 bits per heavy atom. The number of halogens is 2. The monoisotopic (exact) mass is 281 g/mol. The molecular weight excluding hydrogens is 269 g/mol. The van der Waals surface area contributed by atoms with E-state index in [1.165, 1.54) is 0 Å². The zero-order valence-electron chi connectivity index (χ0n) is 8.57. The van der Waals surface area contributed by atoms with Crippen LogP contribution in [0.4, 0.5) is 5.69 Å². The molecular formula is C10H13Cl2NO2S. The van der Waals surface area contributed by atoms with E-state index in [0.717, 1.165) is 12.1 Å². The van der Waals surface area contributed by atoms with Crippen LogP contribution in [0.3, 0.4) is 0 Å². The quantitative estimate of drug-likeness (QED) is 0.622. The van der Waals surface area contributed by atoms with Gasteiger partial charge in [-0.25, -0.2) is 8.42 Å². The van der Waals surface area contributed by atoms with Crippen molar-refractivity contribution < 1.29 is 26.1 Å². The van der Waals surface area contributed by atoms with Gasteiger partial charge >= 0.3 is 0 Å². The molecule has 1 aliphatic rings. The minimum Gasteiger partial charge on any atom is -1.00 e. The minimum absolute atomic E-state index is 0. The summed E-state index contributed by atoms with van der Waals surface area (Å²) in [6.07, 6.45) is 0.741. The number of nitrogens with two attached hydrogens (primary N) is 1. The summed E-state index contributed by atoms with van der Waals surface area (Å²) in [6, 6.07) is 7.62. The van der Waals surface area contributed by atoms with E-state index in [4.69, 9.17) is 11.6 Å².